The highest BCUT2D eigenvalue weighted by atomic mass is 15.4. The van der Waals surface area contributed by atoms with Gasteiger partial charge in [-0.05, 0) is 45.7 Å². The van der Waals surface area contributed by atoms with Gasteiger partial charge in [0.1, 0.15) is 0 Å². The van der Waals surface area contributed by atoms with E-state index in [1.807, 2.05) is 13.2 Å². The normalized spacial score (nSPS) is 32.7. The van der Waals surface area contributed by atoms with Crippen LogP contribution in [0.25, 0.3) is 0 Å². The van der Waals surface area contributed by atoms with Gasteiger partial charge >= 0.3 is 0 Å². The molecule has 2 fully saturated rings. The fourth-order valence-corrected chi connectivity index (χ4v) is 4.00. The minimum absolute atomic E-state index is 0.536. The van der Waals surface area contributed by atoms with Crippen LogP contribution >= 0.6 is 0 Å². The first-order valence-corrected chi connectivity index (χ1v) is 7.41. The number of aromatic nitrogens is 3. The highest BCUT2D eigenvalue weighted by molar-refractivity contribution is 5.01. The molecule has 2 saturated heterocycles. The lowest BCUT2D eigenvalue weighted by Gasteiger charge is -2.39. The molecule has 3 atom stereocenters. The molecule has 1 aromatic rings. The molecule has 5 heteroatoms. The van der Waals surface area contributed by atoms with E-state index in [-0.39, 0.29) is 0 Å². The van der Waals surface area contributed by atoms with Crippen molar-refractivity contribution in [1.29, 1.82) is 0 Å². The number of likely N-dealkylation sites (N-methyl/N-ethyl adjacent to an activating group) is 1. The van der Waals surface area contributed by atoms with Crippen molar-refractivity contribution in [3.8, 4) is 0 Å². The second-order valence-electron chi connectivity index (χ2n) is 6.26. The van der Waals surface area contributed by atoms with E-state index in [0.717, 1.165) is 30.1 Å². The van der Waals surface area contributed by atoms with E-state index in [9.17, 15) is 0 Å². The maximum atomic E-state index is 4.23. The SMILES string of the molecule is CNC(Cc1cn(C)nn1)C1CC2CCC(C1)N2C. The number of nitrogens with one attached hydrogen (secondary N) is 1. The van der Waals surface area contributed by atoms with Crippen molar-refractivity contribution in [3.05, 3.63) is 11.9 Å². The van der Waals surface area contributed by atoms with Crippen molar-refractivity contribution < 1.29 is 0 Å². The number of piperidine rings is 1. The van der Waals surface area contributed by atoms with Gasteiger partial charge in [0.05, 0.1) is 5.69 Å². The van der Waals surface area contributed by atoms with E-state index in [1.165, 1.54) is 25.7 Å². The van der Waals surface area contributed by atoms with Gasteiger partial charge in [-0.15, -0.1) is 5.10 Å². The summed E-state index contributed by atoms with van der Waals surface area (Å²) >= 11 is 0. The van der Waals surface area contributed by atoms with Crippen LogP contribution in [-0.2, 0) is 13.5 Å². The van der Waals surface area contributed by atoms with Crippen LogP contribution in [0.3, 0.4) is 0 Å². The molecule has 106 valence electrons. The Hall–Kier alpha value is -0.940. The Balaban J connectivity index is 1.66. The molecule has 3 unspecified atom stereocenters. The highest BCUT2D eigenvalue weighted by Gasteiger charge is 2.40. The molecule has 2 aliphatic heterocycles. The Bertz CT molecular complexity index is 415. The standard InChI is InChI=1S/C14H25N5/c1-15-14(8-11-9-18(2)17-16-11)10-6-12-4-5-13(7-10)19(12)3/h9-10,12-15H,4-8H2,1-3H3. The summed E-state index contributed by atoms with van der Waals surface area (Å²) in [7, 11) is 6.32. The van der Waals surface area contributed by atoms with Crippen LogP contribution in [0.1, 0.15) is 31.4 Å². The Kier molecular flexibility index (Phi) is 3.58. The molecule has 0 spiro atoms. The Morgan fingerprint density at radius 2 is 2.00 bits per heavy atom. The summed E-state index contributed by atoms with van der Waals surface area (Å²) in [5, 5.41) is 11.8. The summed E-state index contributed by atoms with van der Waals surface area (Å²) in [6, 6.07) is 2.15. The Morgan fingerprint density at radius 3 is 2.53 bits per heavy atom. The molecule has 0 amide bonds. The molecule has 1 aromatic heterocycles. The molecule has 19 heavy (non-hydrogen) atoms. The average molecular weight is 263 g/mol. The van der Waals surface area contributed by atoms with E-state index in [0.29, 0.717) is 6.04 Å². The number of aryl methyl sites for hydroxylation is 1. The van der Waals surface area contributed by atoms with E-state index in [4.69, 9.17) is 0 Å². The lowest BCUT2D eigenvalue weighted by atomic mass is 9.83. The lowest BCUT2D eigenvalue weighted by molar-refractivity contribution is 0.114. The van der Waals surface area contributed by atoms with Crippen LogP contribution in [0, 0.1) is 5.92 Å². The zero-order valence-electron chi connectivity index (χ0n) is 12.2. The third-order valence-corrected chi connectivity index (χ3v) is 5.15. The predicted molar refractivity (Wildman–Crippen MR) is 74.9 cm³/mol. The summed E-state index contributed by atoms with van der Waals surface area (Å²) in [5.74, 6) is 0.778. The number of nitrogens with zero attached hydrogens (tertiary/aromatic N) is 4. The quantitative estimate of drug-likeness (QED) is 0.873. The van der Waals surface area contributed by atoms with Crippen LogP contribution in [0.4, 0.5) is 0 Å². The van der Waals surface area contributed by atoms with E-state index in [2.05, 4.69) is 34.6 Å². The third kappa shape index (κ3) is 2.54. The van der Waals surface area contributed by atoms with Crippen LogP contribution in [0.15, 0.2) is 6.20 Å². The molecule has 0 aliphatic carbocycles. The summed E-state index contributed by atoms with van der Waals surface area (Å²) in [4.78, 5) is 2.60. The largest absolute Gasteiger partial charge is 0.316 e. The van der Waals surface area contributed by atoms with E-state index >= 15 is 0 Å². The van der Waals surface area contributed by atoms with Gasteiger partial charge < -0.3 is 10.2 Å². The second kappa shape index (κ2) is 5.21. The zero-order valence-corrected chi connectivity index (χ0v) is 12.2. The van der Waals surface area contributed by atoms with Crippen LogP contribution in [0.2, 0.25) is 0 Å². The second-order valence-corrected chi connectivity index (χ2v) is 6.26. The van der Waals surface area contributed by atoms with Crippen LogP contribution in [-0.4, -0.2) is 52.1 Å². The van der Waals surface area contributed by atoms with Crippen molar-refractivity contribution in [2.45, 2.75) is 50.2 Å². The predicted octanol–water partition coefficient (Wildman–Crippen LogP) is 0.818. The average Bonchev–Trinajstić information content (AvgIpc) is 2.87. The smallest absolute Gasteiger partial charge is 0.0842 e. The first-order valence-electron chi connectivity index (χ1n) is 7.41. The lowest BCUT2D eigenvalue weighted by Crippen LogP contribution is -2.47. The number of rotatable bonds is 4. The molecule has 0 saturated carbocycles. The summed E-state index contributed by atoms with van der Waals surface area (Å²) in [6.45, 7) is 0. The minimum Gasteiger partial charge on any atom is -0.316 e. The fraction of sp³-hybridized carbons (Fsp3) is 0.857. The first-order chi connectivity index (χ1) is 9.17. The number of hydrogen-bond donors (Lipinski definition) is 1. The molecule has 5 nitrogen and oxygen atoms in total. The van der Waals surface area contributed by atoms with Crippen LogP contribution in [0.5, 0.6) is 0 Å². The van der Waals surface area contributed by atoms with Gasteiger partial charge in [0, 0.05) is 37.8 Å². The summed E-state index contributed by atoms with van der Waals surface area (Å²) in [6.07, 6.45) is 8.47. The van der Waals surface area contributed by atoms with E-state index < -0.39 is 0 Å². The first kappa shape index (κ1) is 13.1. The van der Waals surface area contributed by atoms with Gasteiger partial charge in [-0.25, -0.2) is 0 Å². The fourth-order valence-electron chi connectivity index (χ4n) is 4.00. The Labute approximate surface area is 115 Å². The van der Waals surface area contributed by atoms with Crippen molar-refractivity contribution in [3.63, 3.8) is 0 Å². The topological polar surface area (TPSA) is 46.0 Å². The van der Waals surface area contributed by atoms with Crippen molar-refractivity contribution in [2.75, 3.05) is 14.1 Å². The molecule has 0 radical (unpaired) electrons. The molecular formula is C14H25N5. The number of hydrogen-bond acceptors (Lipinski definition) is 4. The van der Waals surface area contributed by atoms with E-state index in [1.54, 1.807) is 4.68 Å². The molecular weight excluding hydrogens is 238 g/mol. The minimum atomic E-state index is 0.536. The van der Waals surface area contributed by atoms with Gasteiger partial charge in [0.2, 0.25) is 0 Å². The molecule has 0 aromatic carbocycles. The molecule has 2 bridgehead atoms. The van der Waals surface area contributed by atoms with Crippen molar-refractivity contribution in [1.82, 2.24) is 25.2 Å². The van der Waals surface area contributed by atoms with Crippen molar-refractivity contribution in [2.24, 2.45) is 13.0 Å². The number of fused-ring (bicyclic) bond motifs is 2. The van der Waals surface area contributed by atoms with Gasteiger partial charge in [-0.2, -0.15) is 0 Å². The molecule has 3 heterocycles. The van der Waals surface area contributed by atoms with Gasteiger partial charge in [0.25, 0.3) is 0 Å². The van der Waals surface area contributed by atoms with Gasteiger partial charge in [-0.1, -0.05) is 5.21 Å². The molecule has 1 N–H and O–H groups in total. The Morgan fingerprint density at radius 1 is 1.32 bits per heavy atom. The van der Waals surface area contributed by atoms with Crippen LogP contribution < -0.4 is 5.32 Å². The highest BCUT2D eigenvalue weighted by Crippen LogP contribution is 2.39. The monoisotopic (exact) mass is 263 g/mol. The zero-order chi connectivity index (χ0) is 13.4. The molecule has 3 rings (SSSR count). The van der Waals surface area contributed by atoms with Crippen molar-refractivity contribution >= 4 is 0 Å². The maximum absolute atomic E-state index is 4.23. The summed E-state index contributed by atoms with van der Waals surface area (Å²) < 4.78 is 1.79. The third-order valence-electron chi connectivity index (χ3n) is 5.15. The molecule has 2 aliphatic rings. The van der Waals surface area contributed by atoms with Gasteiger partial charge in [-0.3, -0.25) is 4.68 Å². The van der Waals surface area contributed by atoms with Gasteiger partial charge in [0.15, 0.2) is 0 Å². The maximum Gasteiger partial charge on any atom is 0.0842 e. The summed E-state index contributed by atoms with van der Waals surface area (Å²) in [5.41, 5.74) is 1.10.